The third-order valence-electron chi connectivity index (χ3n) is 2.59. The fraction of sp³-hybridized carbons (Fsp3) is 0.357. The van der Waals surface area contributed by atoms with E-state index in [2.05, 4.69) is 9.97 Å². The van der Waals surface area contributed by atoms with Gasteiger partial charge in [-0.05, 0) is 19.0 Å². The lowest BCUT2D eigenvalue weighted by Crippen LogP contribution is -2.06. The lowest BCUT2D eigenvalue weighted by molar-refractivity contribution is 0.103. The van der Waals surface area contributed by atoms with Gasteiger partial charge in [0.05, 0.1) is 17.8 Å². The second-order valence-corrected chi connectivity index (χ2v) is 5.19. The van der Waals surface area contributed by atoms with Gasteiger partial charge in [0, 0.05) is 23.6 Å². The fourth-order valence-electron chi connectivity index (χ4n) is 1.64. The van der Waals surface area contributed by atoms with Crippen LogP contribution in [0.2, 0.25) is 0 Å². The van der Waals surface area contributed by atoms with E-state index in [4.69, 9.17) is 10.5 Å². The molecule has 0 unspecified atom stereocenters. The Balaban J connectivity index is 2.15. The quantitative estimate of drug-likeness (QED) is 0.790. The van der Waals surface area contributed by atoms with Gasteiger partial charge in [-0.2, -0.15) is 0 Å². The molecular formula is C14H17N3O2S. The minimum absolute atomic E-state index is 0.140. The maximum atomic E-state index is 12.3. The number of ketones is 1. The predicted molar refractivity (Wildman–Crippen MR) is 78.3 cm³/mol. The molecule has 0 aliphatic carbocycles. The normalized spacial score (nSPS) is 10.5. The summed E-state index contributed by atoms with van der Waals surface area (Å²) in [5, 5.41) is 2.63. The molecule has 0 aliphatic heterocycles. The lowest BCUT2D eigenvalue weighted by atomic mass is 10.1. The van der Waals surface area contributed by atoms with Crippen molar-refractivity contribution in [1.29, 1.82) is 0 Å². The molecule has 0 aliphatic rings. The van der Waals surface area contributed by atoms with Crippen molar-refractivity contribution in [3.8, 4) is 5.75 Å². The summed E-state index contributed by atoms with van der Waals surface area (Å²) in [5.74, 6) is 0.467. The van der Waals surface area contributed by atoms with Crippen molar-refractivity contribution < 1.29 is 9.53 Å². The van der Waals surface area contributed by atoms with E-state index in [1.807, 2.05) is 6.92 Å². The summed E-state index contributed by atoms with van der Waals surface area (Å²) in [7, 11) is 0. The van der Waals surface area contributed by atoms with Crippen LogP contribution in [0.1, 0.15) is 34.4 Å². The summed E-state index contributed by atoms with van der Waals surface area (Å²) in [6.45, 7) is 3.16. The van der Waals surface area contributed by atoms with Crippen molar-refractivity contribution >= 4 is 17.1 Å². The third kappa shape index (κ3) is 3.61. The zero-order chi connectivity index (χ0) is 14.4. The SMILES string of the molecule is CCCOc1cncc(C(=O)c2csc(CCN)n2)c1. The summed E-state index contributed by atoms with van der Waals surface area (Å²) >= 11 is 1.45. The zero-order valence-electron chi connectivity index (χ0n) is 11.3. The van der Waals surface area contributed by atoms with E-state index in [0.29, 0.717) is 36.6 Å². The van der Waals surface area contributed by atoms with Crippen molar-refractivity contribution in [3.63, 3.8) is 0 Å². The van der Waals surface area contributed by atoms with Crippen LogP contribution in [0, 0.1) is 0 Å². The Morgan fingerprint density at radius 1 is 1.45 bits per heavy atom. The van der Waals surface area contributed by atoms with Crippen molar-refractivity contribution in [2.24, 2.45) is 5.73 Å². The first-order valence-corrected chi connectivity index (χ1v) is 7.39. The average Bonchev–Trinajstić information content (AvgIpc) is 2.93. The Labute approximate surface area is 121 Å². The van der Waals surface area contributed by atoms with Gasteiger partial charge in [0.25, 0.3) is 0 Å². The summed E-state index contributed by atoms with van der Waals surface area (Å²) in [6.07, 6.45) is 4.74. The molecule has 2 aromatic rings. The minimum atomic E-state index is -0.140. The second-order valence-electron chi connectivity index (χ2n) is 4.25. The number of carbonyl (C=O) groups is 1. The van der Waals surface area contributed by atoms with Crippen LogP contribution in [0.3, 0.4) is 0 Å². The highest BCUT2D eigenvalue weighted by atomic mass is 32.1. The molecular weight excluding hydrogens is 274 g/mol. The first kappa shape index (κ1) is 14.6. The molecule has 0 atom stereocenters. The van der Waals surface area contributed by atoms with E-state index in [-0.39, 0.29) is 5.78 Å². The van der Waals surface area contributed by atoms with Crippen LogP contribution < -0.4 is 10.5 Å². The highest BCUT2D eigenvalue weighted by Crippen LogP contribution is 2.17. The molecule has 2 aromatic heterocycles. The van der Waals surface area contributed by atoms with Gasteiger partial charge in [-0.25, -0.2) is 4.98 Å². The molecule has 0 amide bonds. The molecule has 2 rings (SSSR count). The van der Waals surface area contributed by atoms with Gasteiger partial charge in [-0.15, -0.1) is 11.3 Å². The van der Waals surface area contributed by atoms with Gasteiger partial charge in [-0.3, -0.25) is 9.78 Å². The molecule has 6 heteroatoms. The number of thiazole rings is 1. The van der Waals surface area contributed by atoms with E-state index in [1.165, 1.54) is 17.5 Å². The standard InChI is InChI=1S/C14H17N3O2S/c1-2-5-19-11-6-10(7-16-8-11)14(18)12-9-20-13(17-12)3-4-15/h6-9H,2-5,15H2,1H3. The largest absolute Gasteiger partial charge is 0.492 e. The maximum absolute atomic E-state index is 12.3. The molecule has 0 radical (unpaired) electrons. The van der Waals surface area contributed by atoms with Gasteiger partial charge in [0.1, 0.15) is 11.4 Å². The Morgan fingerprint density at radius 2 is 2.30 bits per heavy atom. The highest BCUT2D eigenvalue weighted by molar-refractivity contribution is 7.09. The fourth-order valence-corrected chi connectivity index (χ4v) is 2.44. The number of aromatic nitrogens is 2. The number of hydrogen-bond acceptors (Lipinski definition) is 6. The number of pyridine rings is 1. The van der Waals surface area contributed by atoms with Crippen molar-refractivity contribution in [1.82, 2.24) is 9.97 Å². The molecule has 0 saturated heterocycles. The van der Waals surface area contributed by atoms with Gasteiger partial charge in [0.2, 0.25) is 5.78 Å². The van der Waals surface area contributed by atoms with E-state index in [1.54, 1.807) is 17.6 Å². The van der Waals surface area contributed by atoms with Crippen LogP contribution in [0.5, 0.6) is 5.75 Å². The van der Waals surface area contributed by atoms with Crippen LogP contribution in [0.25, 0.3) is 0 Å². The van der Waals surface area contributed by atoms with E-state index >= 15 is 0 Å². The van der Waals surface area contributed by atoms with Crippen LogP contribution >= 0.6 is 11.3 Å². The maximum Gasteiger partial charge on any atom is 0.213 e. The molecule has 0 spiro atoms. The molecule has 0 fully saturated rings. The van der Waals surface area contributed by atoms with E-state index in [9.17, 15) is 4.79 Å². The van der Waals surface area contributed by atoms with Crippen molar-refractivity contribution in [2.75, 3.05) is 13.2 Å². The predicted octanol–water partition coefficient (Wildman–Crippen LogP) is 2.06. The number of nitrogens with two attached hydrogens (primary N) is 1. The molecule has 0 saturated carbocycles. The molecule has 5 nitrogen and oxygen atoms in total. The average molecular weight is 291 g/mol. The number of hydrogen-bond donors (Lipinski definition) is 1. The Morgan fingerprint density at radius 3 is 3.05 bits per heavy atom. The molecule has 20 heavy (non-hydrogen) atoms. The molecule has 0 bridgehead atoms. The van der Waals surface area contributed by atoms with Crippen LogP contribution in [-0.4, -0.2) is 28.9 Å². The topological polar surface area (TPSA) is 78.1 Å². The third-order valence-corrected chi connectivity index (χ3v) is 3.50. The Kier molecular flexibility index (Phi) is 5.20. The summed E-state index contributed by atoms with van der Waals surface area (Å²) in [6, 6.07) is 1.70. The minimum Gasteiger partial charge on any atom is -0.492 e. The van der Waals surface area contributed by atoms with Crippen LogP contribution in [-0.2, 0) is 6.42 Å². The summed E-state index contributed by atoms with van der Waals surface area (Å²) in [4.78, 5) is 20.6. The van der Waals surface area contributed by atoms with Crippen molar-refractivity contribution in [2.45, 2.75) is 19.8 Å². The summed E-state index contributed by atoms with van der Waals surface area (Å²) < 4.78 is 5.48. The second kappa shape index (κ2) is 7.12. The lowest BCUT2D eigenvalue weighted by Gasteiger charge is -2.04. The van der Waals surface area contributed by atoms with E-state index in [0.717, 1.165) is 11.4 Å². The monoisotopic (exact) mass is 291 g/mol. The van der Waals surface area contributed by atoms with E-state index < -0.39 is 0 Å². The smallest absolute Gasteiger partial charge is 0.213 e. The molecule has 0 aromatic carbocycles. The van der Waals surface area contributed by atoms with Gasteiger partial charge < -0.3 is 10.5 Å². The molecule has 2 heterocycles. The number of rotatable bonds is 7. The van der Waals surface area contributed by atoms with Gasteiger partial charge in [0.15, 0.2) is 0 Å². The number of ether oxygens (including phenoxy) is 1. The number of carbonyl (C=O) groups excluding carboxylic acids is 1. The first-order chi connectivity index (χ1) is 9.74. The Hall–Kier alpha value is -1.79. The van der Waals surface area contributed by atoms with Gasteiger partial charge in [-0.1, -0.05) is 6.92 Å². The highest BCUT2D eigenvalue weighted by Gasteiger charge is 2.14. The zero-order valence-corrected chi connectivity index (χ0v) is 12.2. The summed E-state index contributed by atoms with van der Waals surface area (Å²) in [5.41, 5.74) is 6.41. The van der Waals surface area contributed by atoms with Crippen LogP contribution in [0.4, 0.5) is 0 Å². The van der Waals surface area contributed by atoms with Crippen molar-refractivity contribution in [3.05, 3.63) is 40.1 Å². The van der Waals surface area contributed by atoms with Gasteiger partial charge >= 0.3 is 0 Å². The molecule has 106 valence electrons. The first-order valence-electron chi connectivity index (χ1n) is 6.51. The van der Waals surface area contributed by atoms with Crippen LogP contribution in [0.15, 0.2) is 23.8 Å². The molecule has 2 N–H and O–H groups in total. The number of nitrogens with zero attached hydrogens (tertiary/aromatic N) is 2. The Bertz CT molecular complexity index is 583.